The lowest BCUT2D eigenvalue weighted by Gasteiger charge is -2.43. The number of likely N-dealkylation sites (N-methyl/N-ethyl adjacent to an activating group) is 1. The summed E-state index contributed by atoms with van der Waals surface area (Å²) in [6.07, 6.45) is 0. The smallest absolute Gasteiger partial charge is 0.261 e. The van der Waals surface area contributed by atoms with Gasteiger partial charge < -0.3 is 15.1 Å². The molecule has 162 valence electrons. The van der Waals surface area contributed by atoms with E-state index in [0.29, 0.717) is 13.2 Å². The average Bonchev–Trinajstić information content (AvgIpc) is 2.76. The Hall–Kier alpha value is -2.73. The van der Waals surface area contributed by atoms with E-state index in [2.05, 4.69) is 92.1 Å². The van der Waals surface area contributed by atoms with Crippen molar-refractivity contribution in [2.24, 2.45) is 0 Å². The van der Waals surface area contributed by atoms with Gasteiger partial charge >= 0.3 is 0 Å². The van der Waals surface area contributed by atoms with Crippen LogP contribution >= 0.6 is 0 Å². The van der Waals surface area contributed by atoms with Crippen molar-refractivity contribution in [3.8, 4) is 0 Å². The molecule has 1 amide bonds. The molecule has 3 aromatic carbocycles. The summed E-state index contributed by atoms with van der Waals surface area (Å²) in [5.41, 5.74) is 1.87. The maximum absolute atomic E-state index is 11.8. The molecule has 0 unspecified atom stereocenters. The topological polar surface area (TPSA) is 50.4 Å². The van der Waals surface area contributed by atoms with Crippen LogP contribution in [0.1, 0.15) is 26.3 Å². The van der Waals surface area contributed by atoms with Crippen LogP contribution in [0, 0.1) is 0 Å². The van der Waals surface area contributed by atoms with Gasteiger partial charge in [0.2, 0.25) is 5.91 Å². The van der Waals surface area contributed by atoms with Gasteiger partial charge in [0.05, 0.1) is 13.2 Å². The molecule has 3 aromatic rings. The van der Waals surface area contributed by atoms with Crippen LogP contribution in [0.25, 0.3) is 0 Å². The molecule has 2 N–H and O–H groups in total. The number of carbonyl (C=O) groups excluding carboxylic acids is 1. The highest BCUT2D eigenvalue weighted by Crippen LogP contribution is 2.37. The first kappa shape index (κ1) is 22.9. The highest BCUT2D eigenvalue weighted by atomic mass is 28.4. The fourth-order valence-corrected chi connectivity index (χ4v) is 8.54. The summed E-state index contributed by atoms with van der Waals surface area (Å²) in [5, 5.41) is 8.22. The number of carbonyl (C=O) groups is 1. The summed E-state index contributed by atoms with van der Waals surface area (Å²) in [7, 11) is -0.806. The molecule has 0 heterocycles. The van der Waals surface area contributed by atoms with Gasteiger partial charge in [-0.05, 0) is 40.2 Å². The van der Waals surface area contributed by atoms with E-state index in [1.807, 2.05) is 24.3 Å². The molecule has 31 heavy (non-hydrogen) atoms. The number of hydrogen-bond donors (Lipinski definition) is 2. The van der Waals surface area contributed by atoms with Gasteiger partial charge in [-0.2, -0.15) is 0 Å². The molecule has 0 spiro atoms. The van der Waals surface area contributed by atoms with Crippen molar-refractivity contribution in [2.75, 3.05) is 18.9 Å². The molecule has 4 nitrogen and oxygen atoms in total. The molecular formula is C26H32N2O2Si. The lowest BCUT2D eigenvalue weighted by molar-refractivity contribution is -0.115. The number of amides is 1. The van der Waals surface area contributed by atoms with Crippen LogP contribution in [0.3, 0.4) is 0 Å². The van der Waals surface area contributed by atoms with Gasteiger partial charge in [0, 0.05) is 5.69 Å². The fraction of sp³-hybridized carbons (Fsp3) is 0.269. The minimum Gasteiger partial charge on any atom is -0.403 e. The lowest BCUT2D eigenvalue weighted by atomic mass is 10.2. The number of hydrogen-bond acceptors (Lipinski definition) is 3. The summed E-state index contributed by atoms with van der Waals surface area (Å²) < 4.78 is 6.95. The van der Waals surface area contributed by atoms with Gasteiger partial charge in [-0.1, -0.05) is 93.6 Å². The lowest BCUT2D eigenvalue weighted by Crippen LogP contribution is -2.66. The molecule has 0 fully saturated rings. The van der Waals surface area contributed by atoms with E-state index in [4.69, 9.17) is 4.43 Å². The van der Waals surface area contributed by atoms with Crippen molar-refractivity contribution in [3.63, 3.8) is 0 Å². The molecule has 0 radical (unpaired) electrons. The van der Waals surface area contributed by atoms with Crippen LogP contribution in [-0.2, 0) is 15.8 Å². The third-order valence-corrected chi connectivity index (χ3v) is 10.4. The van der Waals surface area contributed by atoms with Crippen molar-refractivity contribution < 1.29 is 9.22 Å². The Morgan fingerprint density at radius 3 is 1.81 bits per heavy atom. The third kappa shape index (κ3) is 5.31. The summed E-state index contributed by atoms with van der Waals surface area (Å²) in [5.74, 6) is -0.0567. The predicted octanol–water partition coefficient (Wildman–Crippen LogP) is 3.92. The predicted molar refractivity (Wildman–Crippen MR) is 131 cm³/mol. The van der Waals surface area contributed by atoms with Crippen molar-refractivity contribution >= 4 is 30.3 Å². The van der Waals surface area contributed by atoms with E-state index in [9.17, 15) is 4.79 Å². The molecule has 3 rings (SSSR count). The quantitative estimate of drug-likeness (QED) is 0.531. The van der Waals surface area contributed by atoms with E-state index in [1.165, 1.54) is 10.4 Å². The van der Waals surface area contributed by atoms with Gasteiger partial charge in [-0.25, -0.2) is 0 Å². The molecule has 0 saturated heterocycles. The maximum Gasteiger partial charge on any atom is 0.261 e. The Morgan fingerprint density at radius 2 is 1.35 bits per heavy atom. The van der Waals surface area contributed by atoms with Crippen molar-refractivity contribution in [1.29, 1.82) is 0 Å². The number of nitrogens with one attached hydrogen (secondary N) is 2. The van der Waals surface area contributed by atoms with Crippen molar-refractivity contribution in [2.45, 2.75) is 32.4 Å². The van der Waals surface area contributed by atoms with Gasteiger partial charge in [-0.3, -0.25) is 4.79 Å². The second-order valence-electron chi connectivity index (χ2n) is 8.73. The third-order valence-electron chi connectivity index (χ3n) is 5.45. The van der Waals surface area contributed by atoms with E-state index < -0.39 is 8.32 Å². The first-order chi connectivity index (χ1) is 14.9. The van der Waals surface area contributed by atoms with E-state index >= 15 is 0 Å². The Balaban J connectivity index is 1.91. The van der Waals surface area contributed by atoms with E-state index in [0.717, 1.165) is 11.3 Å². The molecule has 0 aromatic heterocycles. The average molecular weight is 433 g/mol. The Labute approximate surface area is 186 Å². The van der Waals surface area contributed by atoms with Crippen LogP contribution in [0.2, 0.25) is 5.04 Å². The van der Waals surface area contributed by atoms with Crippen LogP contribution in [0.15, 0.2) is 84.9 Å². The molecule has 0 atom stereocenters. The second kappa shape index (κ2) is 10.0. The van der Waals surface area contributed by atoms with Gasteiger partial charge in [-0.15, -0.1) is 0 Å². The molecule has 0 aliphatic rings. The minimum atomic E-state index is -2.56. The molecule has 0 aliphatic heterocycles. The Bertz CT molecular complexity index is 928. The minimum absolute atomic E-state index is 0.0567. The zero-order valence-corrected chi connectivity index (χ0v) is 19.8. The maximum atomic E-state index is 11.8. The SMILES string of the molecule is CNCC(=O)Nc1ccc(CO[Si](c2ccccc2)(c2ccccc2)C(C)(C)C)cc1. The van der Waals surface area contributed by atoms with E-state index in [-0.39, 0.29) is 10.9 Å². The summed E-state index contributed by atoms with van der Waals surface area (Å²) >= 11 is 0. The number of anilines is 1. The van der Waals surface area contributed by atoms with Crippen LogP contribution in [-0.4, -0.2) is 27.8 Å². The largest absolute Gasteiger partial charge is 0.403 e. The highest BCUT2D eigenvalue weighted by molar-refractivity contribution is 6.99. The second-order valence-corrected chi connectivity index (χ2v) is 13.0. The standard InChI is InChI=1S/C26H32N2O2Si/c1-26(2,3)31(23-11-7-5-8-12-23,24-13-9-6-10-14-24)30-20-21-15-17-22(18-16-21)28-25(29)19-27-4/h5-18,27H,19-20H2,1-4H3,(H,28,29). The monoisotopic (exact) mass is 432 g/mol. The highest BCUT2D eigenvalue weighted by Gasteiger charge is 2.50. The number of rotatable bonds is 8. The van der Waals surface area contributed by atoms with Crippen molar-refractivity contribution in [3.05, 3.63) is 90.5 Å². The first-order valence-corrected chi connectivity index (χ1v) is 12.6. The number of benzene rings is 3. The zero-order valence-electron chi connectivity index (χ0n) is 18.8. The molecular weight excluding hydrogens is 400 g/mol. The molecule has 0 saturated carbocycles. The Morgan fingerprint density at radius 1 is 0.839 bits per heavy atom. The molecule has 0 bridgehead atoms. The summed E-state index contributed by atoms with van der Waals surface area (Å²) in [4.78, 5) is 11.8. The Kier molecular flexibility index (Phi) is 7.44. The van der Waals surface area contributed by atoms with Gasteiger partial charge in [0.15, 0.2) is 0 Å². The fourth-order valence-electron chi connectivity index (χ4n) is 4.00. The van der Waals surface area contributed by atoms with Crippen molar-refractivity contribution in [1.82, 2.24) is 5.32 Å². The summed E-state index contributed by atoms with van der Waals surface area (Å²) in [6, 6.07) is 29.2. The normalized spacial score (nSPS) is 11.9. The van der Waals surface area contributed by atoms with Crippen LogP contribution in [0.4, 0.5) is 5.69 Å². The molecule has 5 heteroatoms. The van der Waals surface area contributed by atoms with Gasteiger partial charge in [0.25, 0.3) is 8.32 Å². The summed E-state index contributed by atoms with van der Waals surface area (Å²) in [6.45, 7) is 7.63. The first-order valence-electron chi connectivity index (χ1n) is 10.7. The molecule has 0 aliphatic carbocycles. The zero-order chi connectivity index (χ0) is 22.3. The van der Waals surface area contributed by atoms with Crippen LogP contribution in [0.5, 0.6) is 0 Å². The van der Waals surface area contributed by atoms with Gasteiger partial charge in [0.1, 0.15) is 0 Å². The van der Waals surface area contributed by atoms with Crippen LogP contribution < -0.4 is 21.0 Å². The van der Waals surface area contributed by atoms with E-state index in [1.54, 1.807) is 7.05 Å².